The Bertz CT molecular complexity index is 1470. The normalized spacial score (nSPS) is 12.0. The summed E-state index contributed by atoms with van der Waals surface area (Å²) in [5.41, 5.74) is 2.01. The zero-order chi connectivity index (χ0) is 25.9. The van der Waals surface area contributed by atoms with Crippen molar-refractivity contribution in [3.8, 4) is 5.75 Å². The van der Waals surface area contributed by atoms with Crippen LogP contribution in [-0.4, -0.2) is 30.2 Å². The third-order valence-corrected chi connectivity index (χ3v) is 7.83. The number of carbonyl (C=O) groups is 1. The molecule has 6 nitrogen and oxygen atoms in total. The predicted molar refractivity (Wildman–Crippen MR) is 145 cm³/mol. The number of sulfone groups is 1. The molecule has 36 heavy (non-hydrogen) atoms. The van der Waals surface area contributed by atoms with Crippen molar-refractivity contribution in [2.45, 2.75) is 44.2 Å². The molecule has 3 aromatic carbocycles. The minimum atomic E-state index is -3.25. The molecule has 8 heteroatoms. The van der Waals surface area contributed by atoms with E-state index >= 15 is 0 Å². The molecule has 0 aliphatic rings. The highest BCUT2D eigenvalue weighted by Gasteiger charge is 2.22. The Labute approximate surface area is 216 Å². The van der Waals surface area contributed by atoms with Gasteiger partial charge >= 0.3 is 0 Å². The SMILES string of the molecule is CCS(=O)(=O)c1ccc(CC(=O)Nc2ccc(OC(C)(C)Cn3ccc4cc(Cl)ccc43)cc2)cc1. The smallest absolute Gasteiger partial charge is 0.228 e. The van der Waals surface area contributed by atoms with Crippen molar-refractivity contribution in [2.24, 2.45) is 0 Å². The fourth-order valence-electron chi connectivity index (χ4n) is 4.05. The molecule has 0 bridgehead atoms. The number of rotatable bonds is 9. The summed E-state index contributed by atoms with van der Waals surface area (Å²) in [6.45, 7) is 6.31. The predicted octanol–water partition coefficient (Wildman–Crippen LogP) is 6.13. The van der Waals surface area contributed by atoms with Crippen molar-refractivity contribution in [1.82, 2.24) is 4.57 Å². The van der Waals surface area contributed by atoms with E-state index in [-0.39, 0.29) is 23.0 Å². The van der Waals surface area contributed by atoms with Gasteiger partial charge in [-0.05, 0) is 80.1 Å². The van der Waals surface area contributed by atoms with Crippen LogP contribution in [0.4, 0.5) is 5.69 Å². The molecule has 4 rings (SSSR count). The molecule has 0 aliphatic heterocycles. The van der Waals surface area contributed by atoms with Crippen LogP contribution < -0.4 is 10.1 Å². The van der Waals surface area contributed by atoms with Crippen LogP contribution >= 0.6 is 11.6 Å². The number of fused-ring (bicyclic) bond motifs is 1. The van der Waals surface area contributed by atoms with E-state index in [1.807, 2.05) is 56.4 Å². The number of hydrogen-bond donors (Lipinski definition) is 1. The van der Waals surface area contributed by atoms with Crippen molar-refractivity contribution in [3.05, 3.63) is 89.6 Å². The molecule has 1 heterocycles. The molecular weight excluding hydrogens is 496 g/mol. The van der Waals surface area contributed by atoms with Crippen LogP contribution in [-0.2, 0) is 27.6 Å². The number of hydrogen-bond acceptors (Lipinski definition) is 4. The summed E-state index contributed by atoms with van der Waals surface area (Å²) in [5, 5.41) is 4.66. The van der Waals surface area contributed by atoms with Crippen molar-refractivity contribution < 1.29 is 17.9 Å². The number of aromatic nitrogens is 1. The monoisotopic (exact) mass is 524 g/mol. The van der Waals surface area contributed by atoms with Crippen LogP contribution in [0, 0.1) is 0 Å². The van der Waals surface area contributed by atoms with Crippen LogP contribution in [0.1, 0.15) is 26.3 Å². The van der Waals surface area contributed by atoms with E-state index in [4.69, 9.17) is 16.3 Å². The van der Waals surface area contributed by atoms with Crippen LogP contribution in [0.25, 0.3) is 10.9 Å². The third-order valence-electron chi connectivity index (χ3n) is 5.84. The van der Waals surface area contributed by atoms with Gasteiger partial charge in [-0.2, -0.15) is 0 Å². The number of amides is 1. The summed E-state index contributed by atoms with van der Waals surface area (Å²) in [6, 6.07) is 21.6. The molecule has 1 amide bonds. The van der Waals surface area contributed by atoms with E-state index in [1.54, 1.807) is 43.3 Å². The molecule has 1 aromatic heterocycles. The first-order chi connectivity index (χ1) is 17.0. The molecule has 188 valence electrons. The van der Waals surface area contributed by atoms with Crippen LogP contribution in [0.3, 0.4) is 0 Å². The molecule has 0 aliphatic carbocycles. The van der Waals surface area contributed by atoms with Gasteiger partial charge in [-0.15, -0.1) is 0 Å². The van der Waals surface area contributed by atoms with Crippen molar-refractivity contribution in [3.63, 3.8) is 0 Å². The molecule has 4 aromatic rings. The average Bonchev–Trinajstić information content (AvgIpc) is 3.21. The Morgan fingerprint density at radius 3 is 2.36 bits per heavy atom. The number of anilines is 1. The summed E-state index contributed by atoms with van der Waals surface area (Å²) < 4.78 is 32.3. The first-order valence-electron chi connectivity index (χ1n) is 11.7. The van der Waals surface area contributed by atoms with Gasteiger partial charge in [-0.1, -0.05) is 30.7 Å². The molecule has 0 fully saturated rings. The standard InChI is InChI=1S/C28H29ClN2O4S/c1-4-36(33,34)25-12-5-20(6-13-25)17-27(32)30-23-8-10-24(11-9-23)35-28(2,3)19-31-16-15-21-18-22(29)7-14-26(21)31/h5-16,18H,4,17,19H2,1-3H3,(H,30,32). The highest BCUT2D eigenvalue weighted by atomic mass is 35.5. The Balaban J connectivity index is 1.34. The first-order valence-corrected chi connectivity index (χ1v) is 13.7. The minimum absolute atomic E-state index is 0.0440. The fourth-order valence-corrected chi connectivity index (χ4v) is 5.11. The molecule has 0 atom stereocenters. The Hall–Kier alpha value is -3.29. The second kappa shape index (κ2) is 10.4. The fraction of sp³-hybridized carbons (Fsp3) is 0.250. The molecule has 0 unspecified atom stereocenters. The van der Waals surface area contributed by atoms with E-state index in [9.17, 15) is 13.2 Å². The number of halogens is 1. The van der Waals surface area contributed by atoms with Gasteiger partial charge in [0.05, 0.1) is 23.6 Å². The molecule has 0 radical (unpaired) electrons. The van der Waals surface area contributed by atoms with Crippen molar-refractivity contribution in [2.75, 3.05) is 11.1 Å². The molecule has 0 saturated heterocycles. The topological polar surface area (TPSA) is 77.4 Å². The maximum Gasteiger partial charge on any atom is 0.228 e. The second-order valence-corrected chi connectivity index (χ2v) is 12.0. The van der Waals surface area contributed by atoms with Crippen molar-refractivity contribution >= 4 is 43.9 Å². The number of ether oxygens (including phenoxy) is 1. The lowest BCUT2D eigenvalue weighted by Gasteiger charge is -2.27. The molecule has 0 saturated carbocycles. The lowest BCUT2D eigenvalue weighted by atomic mass is 10.1. The van der Waals surface area contributed by atoms with E-state index < -0.39 is 15.4 Å². The number of benzene rings is 3. The quantitative estimate of drug-likeness (QED) is 0.286. The first kappa shape index (κ1) is 25.8. The molecule has 0 spiro atoms. The summed E-state index contributed by atoms with van der Waals surface area (Å²) in [5.74, 6) is 0.558. The maximum absolute atomic E-state index is 12.5. The summed E-state index contributed by atoms with van der Waals surface area (Å²) >= 11 is 6.10. The van der Waals surface area contributed by atoms with Gasteiger partial charge in [0.1, 0.15) is 11.4 Å². The Morgan fingerprint density at radius 1 is 1.00 bits per heavy atom. The zero-order valence-corrected chi connectivity index (χ0v) is 22.1. The van der Waals surface area contributed by atoms with Gasteiger partial charge in [0.15, 0.2) is 9.84 Å². The molecular formula is C28H29ClN2O4S. The van der Waals surface area contributed by atoms with Crippen molar-refractivity contribution in [1.29, 1.82) is 0 Å². The van der Waals surface area contributed by atoms with Crippen LogP contribution in [0.2, 0.25) is 5.02 Å². The molecule has 1 N–H and O–H groups in total. The number of carbonyl (C=O) groups excluding carboxylic acids is 1. The van der Waals surface area contributed by atoms with E-state index in [0.29, 0.717) is 23.0 Å². The summed E-state index contributed by atoms with van der Waals surface area (Å²) in [4.78, 5) is 12.7. The van der Waals surface area contributed by atoms with Gasteiger partial charge in [0.25, 0.3) is 0 Å². The highest BCUT2D eigenvalue weighted by molar-refractivity contribution is 7.91. The lowest BCUT2D eigenvalue weighted by Crippen LogP contribution is -2.33. The van der Waals surface area contributed by atoms with E-state index in [2.05, 4.69) is 9.88 Å². The van der Waals surface area contributed by atoms with Crippen LogP contribution in [0.5, 0.6) is 5.75 Å². The van der Waals surface area contributed by atoms with E-state index in [0.717, 1.165) is 16.5 Å². The summed E-state index contributed by atoms with van der Waals surface area (Å²) in [7, 11) is -3.25. The average molecular weight is 525 g/mol. The third kappa shape index (κ3) is 6.28. The van der Waals surface area contributed by atoms with Gasteiger partial charge in [0, 0.05) is 27.8 Å². The van der Waals surface area contributed by atoms with Gasteiger partial charge < -0.3 is 14.6 Å². The summed E-state index contributed by atoms with van der Waals surface area (Å²) in [6.07, 6.45) is 2.18. The van der Waals surface area contributed by atoms with E-state index in [1.165, 1.54) is 0 Å². The van der Waals surface area contributed by atoms with Crippen LogP contribution in [0.15, 0.2) is 83.9 Å². The Morgan fingerprint density at radius 2 is 1.69 bits per heavy atom. The zero-order valence-electron chi connectivity index (χ0n) is 20.5. The minimum Gasteiger partial charge on any atom is -0.486 e. The van der Waals surface area contributed by atoms with Gasteiger partial charge in [-0.25, -0.2) is 8.42 Å². The second-order valence-electron chi connectivity index (χ2n) is 9.31. The largest absolute Gasteiger partial charge is 0.486 e. The van der Waals surface area contributed by atoms with Gasteiger partial charge in [-0.3, -0.25) is 4.79 Å². The lowest BCUT2D eigenvalue weighted by molar-refractivity contribution is -0.115. The maximum atomic E-state index is 12.5. The number of nitrogens with one attached hydrogen (secondary N) is 1. The number of nitrogens with zero attached hydrogens (tertiary/aromatic N) is 1. The van der Waals surface area contributed by atoms with Gasteiger partial charge in [0.2, 0.25) is 5.91 Å². The Kier molecular flexibility index (Phi) is 7.43. The highest BCUT2D eigenvalue weighted by Crippen LogP contribution is 2.26.